The minimum Gasteiger partial charge on any atom is -0.481 e. The van der Waals surface area contributed by atoms with Crippen molar-refractivity contribution < 1.29 is 9.90 Å². The van der Waals surface area contributed by atoms with Crippen LogP contribution in [-0.2, 0) is 17.8 Å². The van der Waals surface area contributed by atoms with Crippen LogP contribution in [0.4, 0.5) is 0 Å². The minimum atomic E-state index is -0.653. The van der Waals surface area contributed by atoms with Crippen molar-refractivity contribution in [1.82, 2.24) is 9.88 Å². The number of aliphatic carboxylic acids is 1. The van der Waals surface area contributed by atoms with E-state index in [1.807, 2.05) is 13.8 Å². The normalized spacial score (nSPS) is 23.6. The van der Waals surface area contributed by atoms with Crippen molar-refractivity contribution in [2.24, 2.45) is 11.3 Å². The van der Waals surface area contributed by atoms with Gasteiger partial charge in [-0.25, -0.2) is 4.98 Å². The molecule has 1 aliphatic heterocycles. The average Bonchev–Trinajstić information content (AvgIpc) is 2.98. The summed E-state index contributed by atoms with van der Waals surface area (Å²) in [7, 11) is 0. The first-order chi connectivity index (χ1) is 9.48. The molecule has 0 radical (unpaired) electrons. The summed E-state index contributed by atoms with van der Waals surface area (Å²) in [5, 5.41) is 12.9. The molecule has 0 bridgehead atoms. The van der Waals surface area contributed by atoms with Crippen LogP contribution in [-0.4, -0.2) is 34.0 Å². The van der Waals surface area contributed by atoms with E-state index in [9.17, 15) is 9.90 Å². The second-order valence-electron chi connectivity index (χ2n) is 6.06. The predicted octanol–water partition coefficient (Wildman–Crippen LogP) is 3.03. The van der Waals surface area contributed by atoms with E-state index < -0.39 is 11.4 Å². The Morgan fingerprint density at radius 3 is 2.90 bits per heavy atom. The maximum atomic E-state index is 11.6. The highest BCUT2D eigenvalue weighted by Gasteiger charge is 2.47. The van der Waals surface area contributed by atoms with Gasteiger partial charge in [-0.05, 0) is 31.7 Å². The number of thiazole rings is 1. The van der Waals surface area contributed by atoms with E-state index in [0.717, 1.165) is 38.0 Å². The molecule has 1 N–H and O–H groups in total. The Labute approximate surface area is 124 Å². The molecule has 1 saturated heterocycles. The lowest BCUT2D eigenvalue weighted by Crippen LogP contribution is -2.39. The van der Waals surface area contributed by atoms with E-state index in [-0.39, 0.29) is 5.92 Å². The monoisotopic (exact) mass is 296 g/mol. The Balaban J connectivity index is 2.00. The molecule has 0 saturated carbocycles. The van der Waals surface area contributed by atoms with E-state index in [1.54, 1.807) is 11.3 Å². The fraction of sp³-hybridized carbons (Fsp3) is 0.733. The summed E-state index contributed by atoms with van der Waals surface area (Å²) in [5.74, 6) is -0.490. The molecule has 0 amide bonds. The molecule has 5 heteroatoms. The smallest absolute Gasteiger partial charge is 0.311 e. The average molecular weight is 296 g/mol. The van der Waals surface area contributed by atoms with Crippen molar-refractivity contribution in [3.05, 3.63) is 16.1 Å². The van der Waals surface area contributed by atoms with Crippen LogP contribution < -0.4 is 0 Å². The molecule has 0 aromatic carbocycles. The van der Waals surface area contributed by atoms with Crippen LogP contribution in [0.1, 0.15) is 44.3 Å². The van der Waals surface area contributed by atoms with Crippen molar-refractivity contribution in [2.45, 2.75) is 46.6 Å². The molecule has 4 nitrogen and oxygen atoms in total. The molecular formula is C15H24N2O2S. The third kappa shape index (κ3) is 3.04. The molecule has 112 valence electrons. The van der Waals surface area contributed by atoms with Crippen LogP contribution in [0, 0.1) is 11.3 Å². The summed E-state index contributed by atoms with van der Waals surface area (Å²) < 4.78 is 0. The first-order valence-electron chi connectivity index (χ1n) is 7.37. The molecule has 2 rings (SSSR count). The van der Waals surface area contributed by atoms with Crippen molar-refractivity contribution >= 4 is 17.3 Å². The molecule has 1 aromatic rings. The van der Waals surface area contributed by atoms with Crippen LogP contribution in [0.25, 0.3) is 0 Å². The largest absolute Gasteiger partial charge is 0.481 e. The van der Waals surface area contributed by atoms with E-state index in [1.165, 1.54) is 5.01 Å². The zero-order valence-electron chi connectivity index (χ0n) is 12.6. The van der Waals surface area contributed by atoms with Crippen LogP contribution in [0.3, 0.4) is 0 Å². The maximum absolute atomic E-state index is 11.6. The second-order valence-corrected chi connectivity index (χ2v) is 7.00. The van der Waals surface area contributed by atoms with Gasteiger partial charge in [0.2, 0.25) is 0 Å². The van der Waals surface area contributed by atoms with Gasteiger partial charge in [-0.1, -0.05) is 20.8 Å². The van der Waals surface area contributed by atoms with E-state index in [4.69, 9.17) is 0 Å². The van der Waals surface area contributed by atoms with Gasteiger partial charge in [-0.3, -0.25) is 9.69 Å². The van der Waals surface area contributed by atoms with Crippen molar-refractivity contribution in [3.63, 3.8) is 0 Å². The number of aryl methyl sites for hydroxylation is 1. The standard InChI is InChI=1S/C15H24N2O2S/c1-4-5-13-16-12(9-20-13)8-17-7-6-15(10-17,11(2)3)14(18)19/h9,11H,4-8,10H2,1-3H3,(H,18,19). The molecule has 1 aliphatic rings. The van der Waals surface area contributed by atoms with Gasteiger partial charge in [0.05, 0.1) is 16.1 Å². The molecular weight excluding hydrogens is 272 g/mol. The Morgan fingerprint density at radius 1 is 1.60 bits per heavy atom. The molecule has 0 aliphatic carbocycles. The highest BCUT2D eigenvalue weighted by atomic mass is 32.1. The summed E-state index contributed by atoms with van der Waals surface area (Å²) in [6, 6.07) is 0. The second kappa shape index (κ2) is 6.22. The highest BCUT2D eigenvalue weighted by molar-refractivity contribution is 7.09. The number of carboxylic acid groups (broad SMARTS) is 1. The zero-order valence-corrected chi connectivity index (χ0v) is 13.4. The Hall–Kier alpha value is -0.940. The number of nitrogens with zero attached hydrogens (tertiary/aromatic N) is 2. The summed E-state index contributed by atoms with van der Waals surface area (Å²) in [6.45, 7) is 8.46. The summed E-state index contributed by atoms with van der Waals surface area (Å²) in [4.78, 5) is 18.5. The Bertz CT molecular complexity index is 472. The molecule has 1 aromatic heterocycles. The van der Waals surface area contributed by atoms with Crippen molar-refractivity contribution in [1.29, 1.82) is 0 Å². The van der Waals surface area contributed by atoms with E-state index >= 15 is 0 Å². The van der Waals surface area contributed by atoms with Crippen LogP contribution in [0.5, 0.6) is 0 Å². The number of carboxylic acids is 1. The Morgan fingerprint density at radius 2 is 2.35 bits per heavy atom. The first kappa shape index (κ1) is 15.4. The van der Waals surface area contributed by atoms with Gasteiger partial charge in [0.15, 0.2) is 0 Å². The molecule has 1 atom stereocenters. The molecule has 1 fully saturated rings. The van der Waals surface area contributed by atoms with Gasteiger partial charge < -0.3 is 5.11 Å². The van der Waals surface area contributed by atoms with Crippen LogP contribution in [0.15, 0.2) is 5.38 Å². The highest BCUT2D eigenvalue weighted by Crippen LogP contribution is 2.38. The zero-order chi connectivity index (χ0) is 14.8. The maximum Gasteiger partial charge on any atom is 0.311 e. The third-order valence-electron chi connectivity index (χ3n) is 4.36. The summed E-state index contributed by atoms with van der Waals surface area (Å²) in [6.07, 6.45) is 2.90. The first-order valence-corrected chi connectivity index (χ1v) is 8.25. The topological polar surface area (TPSA) is 53.4 Å². The predicted molar refractivity (Wildman–Crippen MR) is 80.9 cm³/mol. The quantitative estimate of drug-likeness (QED) is 0.876. The van der Waals surface area contributed by atoms with E-state index in [0.29, 0.717) is 6.54 Å². The number of hydrogen-bond acceptors (Lipinski definition) is 4. The van der Waals surface area contributed by atoms with Crippen molar-refractivity contribution in [3.8, 4) is 0 Å². The fourth-order valence-electron chi connectivity index (χ4n) is 2.92. The third-order valence-corrected chi connectivity index (χ3v) is 5.32. The number of likely N-dealkylation sites (tertiary alicyclic amines) is 1. The van der Waals surface area contributed by atoms with Crippen LogP contribution >= 0.6 is 11.3 Å². The van der Waals surface area contributed by atoms with Gasteiger partial charge in [0.25, 0.3) is 0 Å². The van der Waals surface area contributed by atoms with E-state index in [2.05, 4.69) is 22.2 Å². The molecule has 2 heterocycles. The number of aromatic nitrogens is 1. The van der Waals surface area contributed by atoms with Gasteiger partial charge in [-0.2, -0.15) is 0 Å². The lowest BCUT2D eigenvalue weighted by Gasteiger charge is -2.28. The summed E-state index contributed by atoms with van der Waals surface area (Å²) in [5.41, 5.74) is 0.505. The molecule has 20 heavy (non-hydrogen) atoms. The molecule has 1 unspecified atom stereocenters. The van der Waals surface area contributed by atoms with Gasteiger partial charge in [0.1, 0.15) is 0 Å². The summed E-state index contributed by atoms with van der Waals surface area (Å²) >= 11 is 1.72. The molecule has 0 spiro atoms. The SMILES string of the molecule is CCCc1nc(CN2CCC(C(=O)O)(C(C)C)C2)cs1. The van der Waals surface area contributed by atoms with Gasteiger partial charge >= 0.3 is 5.97 Å². The van der Waals surface area contributed by atoms with Crippen molar-refractivity contribution in [2.75, 3.05) is 13.1 Å². The fourth-order valence-corrected chi connectivity index (χ4v) is 3.81. The van der Waals surface area contributed by atoms with Gasteiger partial charge in [-0.15, -0.1) is 11.3 Å². The van der Waals surface area contributed by atoms with Crippen LogP contribution in [0.2, 0.25) is 0 Å². The van der Waals surface area contributed by atoms with Gasteiger partial charge in [0, 0.05) is 18.5 Å². The lowest BCUT2D eigenvalue weighted by atomic mass is 9.76. The minimum absolute atomic E-state index is 0.163. The lowest BCUT2D eigenvalue weighted by molar-refractivity contribution is -0.151. The number of rotatable bonds is 6. The Kier molecular flexibility index (Phi) is 4.81. The number of hydrogen-bond donors (Lipinski definition) is 1. The number of carbonyl (C=O) groups is 1.